The quantitative estimate of drug-likeness (QED) is 0.776. The van der Waals surface area contributed by atoms with E-state index >= 15 is 0 Å². The van der Waals surface area contributed by atoms with Gasteiger partial charge in [0.25, 0.3) is 0 Å². The molecule has 0 saturated heterocycles. The summed E-state index contributed by atoms with van der Waals surface area (Å²) in [5.41, 5.74) is 1.39. The molecule has 0 N–H and O–H groups in total. The van der Waals surface area contributed by atoms with Crippen molar-refractivity contribution >= 4 is 17.5 Å². The Labute approximate surface area is 110 Å². The molecule has 0 amide bonds. The average molecular weight is 261 g/mol. The van der Waals surface area contributed by atoms with Gasteiger partial charge in [-0.25, -0.2) is 4.68 Å². The van der Waals surface area contributed by atoms with Gasteiger partial charge in [0, 0.05) is 0 Å². The molecular weight excluding hydrogens is 246 g/mol. The highest BCUT2D eigenvalue weighted by molar-refractivity contribution is 8.00. The van der Waals surface area contributed by atoms with Crippen molar-refractivity contribution in [3.63, 3.8) is 0 Å². The maximum absolute atomic E-state index is 12.1. The van der Waals surface area contributed by atoms with Crippen LogP contribution in [0.4, 0.5) is 0 Å². The van der Waals surface area contributed by atoms with Gasteiger partial charge in [0.05, 0.1) is 17.6 Å². The highest BCUT2D eigenvalue weighted by Gasteiger charge is 2.14. The van der Waals surface area contributed by atoms with E-state index in [-0.39, 0.29) is 5.78 Å². The van der Waals surface area contributed by atoms with E-state index in [1.54, 1.807) is 16.4 Å². The first-order chi connectivity index (χ1) is 8.68. The van der Waals surface area contributed by atoms with E-state index < -0.39 is 0 Å². The van der Waals surface area contributed by atoms with Crippen LogP contribution < -0.4 is 0 Å². The molecule has 0 aliphatic carbocycles. The predicted molar refractivity (Wildman–Crippen MR) is 73.3 cm³/mol. The number of thioether (sulfide) groups is 1. The summed E-state index contributed by atoms with van der Waals surface area (Å²) in [6, 6.07) is 9.56. The molecule has 0 aliphatic rings. The lowest BCUT2D eigenvalue weighted by molar-refractivity contribution is 0.101. The van der Waals surface area contributed by atoms with Gasteiger partial charge in [0.2, 0.25) is 0 Å². The smallest absolute Gasteiger partial charge is 0.192 e. The highest BCUT2D eigenvalue weighted by atomic mass is 32.2. The number of rotatable bonds is 5. The number of aromatic nitrogens is 3. The molecule has 0 spiro atoms. The fourth-order valence-corrected chi connectivity index (χ4v) is 2.13. The summed E-state index contributed by atoms with van der Waals surface area (Å²) in [5.74, 6) is 0.514. The van der Waals surface area contributed by atoms with Crippen molar-refractivity contribution in [3.05, 3.63) is 42.2 Å². The highest BCUT2D eigenvalue weighted by Crippen LogP contribution is 2.14. The Morgan fingerprint density at radius 1 is 1.33 bits per heavy atom. The summed E-state index contributed by atoms with van der Waals surface area (Å²) < 4.78 is 1.59. The second-order valence-electron chi connectivity index (χ2n) is 4.15. The summed E-state index contributed by atoms with van der Waals surface area (Å²) in [4.78, 5) is 12.1. The van der Waals surface area contributed by atoms with Gasteiger partial charge < -0.3 is 0 Å². The molecule has 5 heteroatoms. The van der Waals surface area contributed by atoms with E-state index in [1.807, 2.05) is 30.3 Å². The molecule has 0 saturated carbocycles. The van der Waals surface area contributed by atoms with Crippen molar-refractivity contribution in [2.24, 2.45) is 0 Å². The Kier molecular flexibility index (Phi) is 4.15. The van der Waals surface area contributed by atoms with Gasteiger partial charge in [-0.3, -0.25) is 4.79 Å². The van der Waals surface area contributed by atoms with Crippen LogP contribution in [0.15, 0.2) is 36.5 Å². The minimum atomic E-state index is 0.0579. The van der Waals surface area contributed by atoms with Gasteiger partial charge in [-0.2, -0.15) is 11.8 Å². The van der Waals surface area contributed by atoms with Gasteiger partial charge in [0.15, 0.2) is 5.78 Å². The SMILES string of the molecule is CC(C)SCC(=O)c1cnnn1-c1ccccc1. The van der Waals surface area contributed by atoms with Crippen molar-refractivity contribution in [3.8, 4) is 5.69 Å². The lowest BCUT2D eigenvalue weighted by atomic mass is 10.3. The first kappa shape index (κ1) is 12.8. The maximum atomic E-state index is 12.1. The minimum absolute atomic E-state index is 0.0579. The predicted octanol–water partition coefficient (Wildman–Crippen LogP) is 2.59. The summed E-state index contributed by atoms with van der Waals surface area (Å²) >= 11 is 1.62. The summed E-state index contributed by atoms with van der Waals surface area (Å²) in [6.45, 7) is 4.15. The molecule has 94 valence electrons. The number of nitrogens with zero attached hydrogens (tertiary/aromatic N) is 3. The number of carbonyl (C=O) groups excluding carboxylic acids is 1. The normalized spacial score (nSPS) is 10.8. The van der Waals surface area contributed by atoms with E-state index in [0.717, 1.165) is 5.69 Å². The second-order valence-corrected chi connectivity index (χ2v) is 5.71. The summed E-state index contributed by atoms with van der Waals surface area (Å²) in [5, 5.41) is 8.24. The molecule has 0 bridgehead atoms. The fraction of sp³-hybridized carbons (Fsp3) is 0.308. The molecule has 0 atom stereocenters. The minimum Gasteiger partial charge on any atom is -0.291 e. The third-order valence-corrected chi connectivity index (χ3v) is 3.48. The van der Waals surface area contributed by atoms with E-state index in [1.165, 1.54) is 6.20 Å². The van der Waals surface area contributed by atoms with Crippen LogP contribution in [0, 0.1) is 0 Å². The molecule has 4 nitrogen and oxygen atoms in total. The zero-order chi connectivity index (χ0) is 13.0. The zero-order valence-electron chi connectivity index (χ0n) is 10.4. The van der Waals surface area contributed by atoms with Crippen LogP contribution in [-0.2, 0) is 0 Å². The maximum Gasteiger partial charge on any atom is 0.192 e. The lowest BCUT2D eigenvalue weighted by Gasteiger charge is -2.06. The summed E-state index contributed by atoms with van der Waals surface area (Å²) in [6.07, 6.45) is 1.52. The third kappa shape index (κ3) is 2.98. The monoisotopic (exact) mass is 261 g/mol. The van der Waals surface area contributed by atoms with Gasteiger partial charge in [-0.15, -0.1) is 5.10 Å². The third-order valence-electron chi connectivity index (χ3n) is 2.38. The van der Waals surface area contributed by atoms with E-state index in [9.17, 15) is 4.79 Å². The Morgan fingerprint density at radius 2 is 2.06 bits per heavy atom. The largest absolute Gasteiger partial charge is 0.291 e. The number of para-hydroxylation sites is 1. The number of Topliss-reactive ketones (excluding diaryl/α,β-unsaturated/α-hetero) is 1. The molecule has 2 rings (SSSR count). The number of ketones is 1. The first-order valence-electron chi connectivity index (χ1n) is 5.79. The molecule has 1 heterocycles. The van der Waals surface area contributed by atoms with Crippen LogP contribution in [0.5, 0.6) is 0 Å². The standard InChI is InChI=1S/C13H15N3OS/c1-10(2)18-9-13(17)12-8-14-15-16(12)11-6-4-3-5-7-11/h3-8,10H,9H2,1-2H3. The van der Waals surface area contributed by atoms with Gasteiger partial charge in [0.1, 0.15) is 5.69 Å². The molecule has 2 aromatic rings. The molecule has 1 aromatic carbocycles. The molecule has 0 fully saturated rings. The van der Waals surface area contributed by atoms with Gasteiger partial charge >= 0.3 is 0 Å². The average Bonchev–Trinajstić information content (AvgIpc) is 2.86. The Morgan fingerprint density at radius 3 is 2.72 bits per heavy atom. The van der Waals surface area contributed by atoms with Crippen LogP contribution in [0.1, 0.15) is 24.3 Å². The molecule has 0 radical (unpaired) electrons. The van der Waals surface area contributed by atoms with Crippen molar-refractivity contribution in [2.45, 2.75) is 19.1 Å². The van der Waals surface area contributed by atoms with Crippen molar-refractivity contribution < 1.29 is 4.79 Å². The van der Waals surface area contributed by atoms with Crippen LogP contribution in [0.25, 0.3) is 5.69 Å². The van der Waals surface area contributed by atoms with Crippen LogP contribution in [-0.4, -0.2) is 31.8 Å². The zero-order valence-corrected chi connectivity index (χ0v) is 11.2. The second kappa shape index (κ2) is 5.82. The topological polar surface area (TPSA) is 47.8 Å². The van der Waals surface area contributed by atoms with Crippen LogP contribution >= 0.6 is 11.8 Å². The lowest BCUT2D eigenvalue weighted by Crippen LogP contribution is -2.11. The molecule has 18 heavy (non-hydrogen) atoms. The Hall–Kier alpha value is -1.62. The van der Waals surface area contributed by atoms with Gasteiger partial charge in [-0.1, -0.05) is 37.3 Å². The first-order valence-corrected chi connectivity index (χ1v) is 6.84. The number of hydrogen-bond acceptors (Lipinski definition) is 4. The van der Waals surface area contributed by atoms with E-state index in [2.05, 4.69) is 24.2 Å². The number of benzene rings is 1. The number of carbonyl (C=O) groups is 1. The summed E-state index contributed by atoms with van der Waals surface area (Å²) in [7, 11) is 0. The molecular formula is C13H15N3OS. The van der Waals surface area contributed by atoms with Crippen molar-refractivity contribution in [1.82, 2.24) is 15.0 Å². The Balaban J connectivity index is 2.20. The van der Waals surface area contributed by atoms with Crippen LogP contribution in [0.3, 0.4) is 0 Å². The van der Waals surface area contributed by atoms with Gasteiger partial charge in [-0.05, 0) is 17.4 Å². The van der Waals surface area contributed by atoms with E-state index in [4.69, 9.17) is 0 Å². The molecule has 0 aliphatic heterocycles. The van der Waals surface area contributed by atoms with E-state index in [0.29, 0.717) is 16.7 Å². The van der Waals surface area contributed by atoms with Crippen LogP contribution in [0.2, 0.25) is 0 Å². The Bertz CT molecular complexity index is 522. The number of hydrogen-bond donors (Lipinski definition) is 0. The van der Waals surface area contributed by atoms with Crippen molar-refractivity contribution in [2.75, 3.05) is 5.75 Å². The fourth-order valence-electron chi connectivity index (χ4n) is 1.50. The molecule has 1 aromatic heterocycles. The molecule has 0 unspecified atom stereocenters. The van der Waals surface area contributed by atoms with Crippen molar-refractivity contribution in [1.29, 1.82) is 0 Å².